The zero-order valence-electron chi connectivity index (χ0n) is 36.3. The van der Waals surface area contributed by atoms with Gasteiger partial charge in [0.15, 0.2) is 11.9 Å². The summed E-state index contributed by atoms with van der Waals surface area (Å²) in [6.45, 7) is 19.5. The van der Waals surface area contributed by atoms with Gasteiger partial charge in [-0.15, -0.1) is 0 Å². The number of carbonyl (C=O) groups excluding carboxylic acids is 2. The number of aliphatic carboxylic acids is 1. The Morgan fingerprint density at radius 3 is 2.19 bits per heavy atom. The largest absolute Gasteiger partial charge is 0.481 e. The van der Waals surface area contributed by atoms with Crippen LogP contribution in [0.5, 0.6) is 0 Å². The maximum atomic E-state index is 14.6. The van der Waals surface area contributed by atoms with E-state index in [0.29, 0.717) is 57.8 Å². The first-order valence-electron chi connectivity index (χ1n) is 21.9. The number of hydrogen-bond donors (Lipinski definition) is 4. The number of aliphatic hydroxyl groups excluding tert-OH is 1. The van der Waals surface area contributed by atoms with E-state index in [1.54, 1.807) is 13.0 Å². The SMILES string of the molecule is CC[C@@H](C(=O)[C@@H](C)[C@@H](O)[C@H](C)[C@@H]1O[C@@H]([C@@H](CC)C(=O)O)CC[C@@H]1C)[C@H]1O[C@]2(C=C[C@@H](OC(=O)NC)[C@]3(CC[C@@](C)([C@H]4CC[C@](O)(CC)[C@H](C)O4)O3)O2)[C@H](C)C[C@@H]1C. The Hall–Kier alpha value is -2.13. The second-order valence-corrected chi connectivity index (χ2v) is 18.5. The molecule has 0 aromatic heterocycles. The summed E-state index contributed by atoms with van der Waals surface area (Å²) < 4.78 is 39.9. The molecule has 4 saturated heterocycles. The number of Topliss-reactive ketones (excluding diaryl/α,β-unsaturated/α-hetero) is 1. The first-order valence-corrected chi connectivity index (χ1v) is 21.9. The predicted octanol–water partition coefficient (Wildman–Crippen LogP) is 6.55. The van der Waals surface area contributed by atoms with Crippen molar-refractivity contribution in [2.75, 3.05) is 7.05 Å². The van der Waals surface area contributed by atoms with E-state index in [1.165, 1.54) is 7.05 Å². The van der Waals surface area contributed by atoms with Crippen molar-refractivity contribution in [2.45, 2.75) is 199 Å². The van der Waals surface area contributed by atoms with Crippen molar-refractivity contribution in [1.82, 2.24) is 5.32 Å². The van der Waals surface area contributed by atoms with Crippen molar-refractivity contribution in [1.29, 1.82) is 0 Å². The van der Waals surface area contributed by atoms with Crippen LogP contribution in [0, 0.1) is 41.4 Å². The molecule has 0 bridgehead atoms. The van der Waals surface area contributed by atoms with E-state index >= 15 is 0 Å². The first kappa shape index (κ1) is 45.9. The van der Waals surface area contributed by atoms with Crippen LogP contribution in [-0.4, -0.2) is 106 Å². The minimum atomic E-state index is -1.42. The monoisotopic (exact) mass is 808 g/mol. The van der Waals surface area contributed by atoms with Crippen LogP contribution < -0.4 is 5.32 Å². The molecule has 0 aliphatic carbocycles. The van der Waals surface area contributed by atoms with Crippen LogP contribution in [0.1, 0.15) is 133 Å². The summed E-state index contributed by atoms with van der Waals surface area (Å²) >= 11 is 0. The smallest absolute Gasteiger partial charge is 0.407 e. The molecule has 5 rings (SSSR count). The number of carboxylic acids is 1. The molecule has 326 valence electrons. The Labute approximate surface area is 340 Å². The standard InChI is InChI=1S/C44H73NO12/c1-12-30(39(48)49)32-16-15-24(4)37(53-32)28(8)35(46)27(7)36(47)31(13-2)38-25(5)23-26(6)43(55-38)20-18-34(54-40(50)45-11)44(57-43)22-21-41(10,56-44)33-17-19-42(51,14-3)29(9)52-33/h18,20,24-35,37-38,46,51H,12-17,19,21-23H2,1-11H3,(H,45,50)(H,48,49)/t24-,25-,26+,27-,28-,29-,30+,31-,32+,33+,34+,35+,37+,38-,41-,42+,43-,44-/m0/s1. The Morgan fingerprint density at radius 2 is 1.60 bits per heavy atom. The lowest BCUT2D eigenvalue weighted by Gasteiger charge is -2.54. The molecule has 0 saturated carbocycles. The quantitative estimate of drug-likeness (QED) is 0.148. The molecule has 57 heavy (non-hydrogen) atoms. The molecule has 0 radical (unpaired) electrons. The van der Waals surface area contributed by atoms with Crippen LogP contribution in [0.4, 0.5) is 4.79 Å². The summed E-state index contributed by atoms with van der Waals surface area (Å²) in [4.78, 5) is 39.2. The van der Waals surface area contributed by atoms with Crippen LogP contribution in [0.2, 0.25) is 0 Å². The van der Waals surface area contributed by atoms with Gasteiger partial charge in [0.2, 0.25) is 5.79 Å². The summed E-state index contributed by atoms with van der Waals surface area (Å²) in [5.41, 5.74) is -1.73. The second-order valence-electron chi connectivity index (χ2n) is 18.5. The molecule has 4 fully saturated rings. The van der Waals surface area contributed by atoms with E-state index in [1.807, 2.05) is 47.6 Å². The summed E-state index contributed by atoms with van der Waals surface area (Å²) in [5, 5.41) is 35.3. The summed E-state index contributed by atoms with van der Waals surface area (Å²) in [6, 6.07) is 0. The van der Waals surface area contributed by atoms with E-state index in [2.05, 4.69) is 26.1 Å². The summed E-state index contributed by atoms with van der Waals surface area (Å²) in [6.07, 6.45) is 4.63. The van der Waals surface area contributed by atoms with Crippen molar-refractivity contribution in [3.63, 3.8) is 0 Å². The highest BCUT2D eigenvalue weighted by molar-refractivity contribution is 5.84. The van der Waals surface area contributed by atoms with E-state index in [9.17, 15) is 29.7 Å². The third kappa shape index (κ3) is 8.86. The lowest BCUT2D eigenvalue weighted by molar-refractivity contribution is -0.408. The summed E-state index contributed by atoms with van der Waals surface area (Å²) in [7, 11) is 1.50. The molecule has 13 heteroatoms. The lowest BCUT2D eigenvalue weighted by atomic mass is 9.72. The summed E-state index contributed by atoms with van der Waals surface area (Å²) in [5.74, 6) is -6.14. The van der Waals surface area contributed by atoms with Gasteiger partial charge in [-0.2, -0.15) is 0 Å². The molecule has 5 heterocycles. The number of carbonyl (C=O) groups is 3. The number of aliphatic hydroxyl groups is 2. The van der Waals surface area contributed by atoms with Gasteiger partial charge in [0, 0.05) is 37.1 Å². The molecule has 2 spiro atoms. The normalized spacial score (nSPS) is 43.6. The molecule has 4 N–H and O–H groups in total. The van der Waals surface area contributed by atoms with Crippen LogP contribution >= 0.6 is 0 Å². The number of nitrogens with one attached hydrogen (secondary N) is 1. The van der Waals surface area contributed by atoms with E-state index < -0.39 is 95.1 Å². The third-order valence-electron chi connectivity index (χ3n) is 14.9. The Morgan fingerprint density at radius 1 is 0.912 bits per heavy atom. The van der Waals surface area contributed by atoms with Gasteiger partial charge in [-0.25, -0.2) is 4.79 Å². The van der Waals surface area contributed by atoms with Gasteiger partial charge < -0.3 is 49.1 Å². The number of amides is 1. The zero-order valence-corrected chi connectivity index (χ0v) is 36.3. The molecule has 0 aromatic carbocycles. The topological polar surface area (TPSA) is 179 Å². The van der Waals surface area contributed by atoms with Gasteiger partial charge in [0.25, 0.3) is 0 Å². The number of ether oxygens (including phenoxy) is 6. The van der Waals surface area contributed by atoms with Gasteiger partial charge >= 0.3 is 12.1 Å². The molecule has 0 aromatic rings. The van der Waals surface area contributed by atoms with Crippen LogP contribution in [0.15, 0.2) is 12.2 Å². The molecule has 5 aliphatic rings. The molecule has 13 nitrogen and oxygen atoms in total. The molecule has 5 aliphatic heterocycles. The van der Waals surface area contributed by atoms with Crippen LogP contribution in [0.3, 0.4) is 0 Å². The first-order chi connectivity index (χ1) is 26.7. The predicted molar refractivity (Wildman–Crippen MR) is 212 cm³/mol. The van der Waals surface area contributed by atoms with Gasteiger partial charge in [-0.05, 0) is 95.6 Å². The van der Waals surface area contributed by atoms with Crippen LogP contribution in [0.25, 0.3) is 0 Å². The molecule has 18 atom stereocenters. The van der Waals surface area contributed by atoms with E-state index in [-0.39, 0.29) is 29.6 Å². The maximum Gasteiger partial charge on any atom is 0.407 e. The van der Waals surface area contributed by atoms with Crippen molar-refractivity contribution in [3.05, 3.63) is 12.2 Å². The van der Waals surface area contributed by atoms with E-state index in [4.69, 9.17) is 28.4 Å². The minimum Gasteiger partial charge on any atom is -0.481 e. The number of carboxylic acid groups (broad SMARTS) is 1. The highest BCUT2D eigenvalue weighted by atomic mass is 16.8. The Kier molecular flexibility index (Phi) is 14.4. The minimum absolute atomic E-state index is 0.0252. The average molecular weight is 808 g/mol. The van der Waals surface area contributed by atoms with Gasteiger partial charge in [-0.3, -0.25) is 9.59 Å². The fourth-order valence-corrected chi connectivity index (χ4v) is 10.8. The fourth-order valence-electron chi connectivity index (χ4n) is 10.8. The zero-order chi connectivity index (χ0) is 42.2. The van der Waals surface area contributed by atoms with Crippen LogP contribution in [-0.2, 0) is 38.0 Å². The van der Waals surface area contributed by atoms with Gasteiger partial charge in [-0.1, -0.05) is 55.4 Å². The fraction of sp³-hybridized carbons (Fsp3) is 0.886. The van der Waals surface area contributed by atoms with Crippen molar-refractivity contribution >= 4 is 17.8 Å². The number of hydrogen-bond acceptors (Lipinski definition) is 11. The van der Waals surface area contributed by atoms with E-state index in [0.717, 1.165) is 6.42 Å². The second kappa shape index (κ2) is 17.8. The Balaban J connectivity index is 1.37. The highest BCUT2D eigenvalue weighted by Crippen LogP contribution is 2.54. The van der Waals surface area contributed by atoms with Crippen molar-refractivity contribution in [3.8, 4) is 0 Å². The highest BCUT2D eigenvalue weighted by Gasteiger charge is 2.64. The van der Waals surface area contributed by atoms with Crippen molar-refractivity contribution < 1.29 is 58.1 Å². The molecular formula is C44H73NO12. The number of ketones is 1. The van der Waals surface area contributed by atoms with Crippen molar-refractivity contribution in [2.24, 2.45) is 41.4 Å². The maximum absolute atomic E-state index is 14.6. The Bertz CT molecular complexity index is 1460. The lowest BCUT2D eigenvalue weighted by Crippen LogP contribution is -2.63. The van der Waals surface area contributed by atoms with Gasteiger partial charge in [0.05, 0.1) is 53.7 Å². The molecule has 0 unspecified atom stereocenters. The number of alkyl carbamates (subject to hydrolysis) is 1. The number of rotatable bonds is 13. The molecule has 1 amide bonds. The van der Waals surface area contributed by atoms with Gasteiger partial charge in [0.1, 0.15) is 5.78 Å². The molecular weight excluding hydrogens is 734 g/mol. The average Bonchev–Trinajstić information content (AvgIpc) is 3.52. The third-order valence-corrected chi connectivity index (χ3v) is 14.9.